The van der Waals surface area contributed by atoms with E-state index in [1.54, 1.807) is 10.9 Å². The maximum atomic E-state index is 12.9. The molecule has 0 bridgehead atoms. The van der Waals surface area contributed by atoms with Crippen LogP contribution in [-0.4, -0.2) is 20.7 Å². The Labute approximate surface area is 177 Å². The number of nitrogen functional groups attached to an aromatic ring is 1. The summed E-state index contributed by atoms with van der Waals surface area (Å²) in [4.78, 5) is 17.3. The number of nitrogens with two attached hydrogens (primary N) is 1. The van der Waals surface area contributed by atoms with E-state index in [0.717, 1.165) is 30.6 Å². The summed E-state index contributed by atoms with van der Waals surface area (Å²) in [7, 11) is 0. The number of hydrogen-bond acceptors (Lipinski definition) is 4. The summed E-state index contributed by atoms with van der Waals surface area (Å²) >= 11 is 0. The third-order valence-corrected chi connectivity index (χ3v) is 5.98. The molecule has 0 fully saturated rings. The quantitative estimate of drug-likeness (QED) is 0.633. The fraction of sp³-hybridized carbons (Fsp3) is 0.375. The average molecular weight is 404 g/mol. The molecular formula is C24H29N5O. The molecule has 1 aliphatic rings. The smallest absolute Gasteiger partial charge is 0.261 e. The van der Waals surface area contributed by atoms with E-state index in [1.807, 2.05) is 30.5 Å². The van der Waals surface area contributed by atoms with Crippen molar-refractivity contribution in [1.29, 1.82) is 0 Å². The number of nitrogens with one attached hydrogen (secondary N) is 1. The summed E-state index contributed by atoms with van der Waals surface area (Å²) < 4.78 is 1.75. The van der Waals surface area contributed by atoms with Gasteiger partial charge in [-0.3, -0.25) is 9.78 Å². The lowest BCUT2D eigenvalue weighted by Gasteiger charge is -2.29. The molecular weight excluding hydrogens is 374 g/mol. The Morgan fingerprint density at radius 3 is 2.80 bits per heavy atom. The summed E-state index contributed by atoms with van der Waals surface area (Å²) in [5, 5.41) is 7.44. The van der Waals surface area contributed by atoms with E-state index in [2.05, 4.69) is 48.3 Å². The minimum absolute atomic E-state index is 0.230. The van der Waals surface area contributed by atoms with Crippen LogP contribution in [0.25, 0.3) is 0 Å². The van der Waals surface area contributed by atoms with Gasteiger partial charge in [0, 0.05) is 23.5 Å². The first-order valence-corrected chi connectivity index (χ1v) is 10.5. The monoisotopic (exact) mass is 403 g/mol. The van der Waals surface area contributed by atoms with Crippen LogP contribution >= 0.6 is 0 Å². The first kappa shape index (κ1) is 20.1. The highest BCUT2D eigenvalue weighted by Crippen LogP contribution is 2.32. The van der Waals surface area contributed by atoms with Crippen molar-refractivity contribution in [1.82, 2.24) is 14.8 Å². The van der Waals surface area contributed by atoms with E-state index < -0.39 is 0 Å². The van der Waals surface area contributed by atoms with E-state index >= 15 is 0 Å². The van der Waals surface area contributed by atoms with Gasteiger partial charge < -0.3 is 11.1 Å². The molecule has 30 heavy (non-hydrogen) atoms. The average Bonchev–Trinajstić information content (AvgIpc) is 3.34. The number of aromatic nitrogens is 3. The molecule has 0 saturated carbocycles. The van der Waals surface area contributed by atoms with Crippen molar-refractivity contribution >= 4 is 17.4 Å². The molecule has 6 heteroatoms. The Morgan fingerprint density at radius 2 is 2.03 bits per heavy atom. The largest absolute Gasteiger partial charge is 0.383 e. The van der Waals surface area contributed by atoms with Gasteiger partial charge in [0.05, 0.1) is 11.7 Å². The number of fused-ring (bicyclic) bond motifs is 1. The molecule has 0 aliphatic heterocycles. The minimum Gasteiger partial charge on any atom is -0.383 e. The molecule has 1 aromatic carbocycles. The number of amides is 1. The number of anilines is 2. The van der Waals surface area contributed by atoms with Crippen molar-refractivity contribution in [3.8, 4) is 0 Å². The van der Waals surface area contributed by atoms with Crippen molar-refractivity contribution in [3.05, 3.63) is 71.2 Å². The number of benzene rings is 1. The van der Waals surface area contributed by atoms with Gasteiger partial charge in [-0.2, -0.15) is 5.10 Å². The van der Waals surface area contributed by atoms with Gasteiger partial charge in [0.15, 0.2) is 0 Å². The summed E-state index contributed by atoms with van der Waals surface area (Å²) in [6.45, 7) is 6.31. The molecule has 0 saturated heterocycles. The normalized spacial score (nSPS) is 14.4. The van der Waals surface area contributed by atoms with Crippen LogP contribution in [-0.2, 0) is 18.4 Å². The van der Waals surface area contributed by atoms with Gasteiger partial charge in [-0.05, 0) is 74.9 Å². The van der Waals surface area contributed by atoms with Crippen LogP contribution < -0.4 is 11.1 Å². The summed E-state index contributed by atoms with van der Waals surface area (Å²) in [5.41, 5.74) is 10.9. The Bertz CT molecular complexity index is 1050. The zero-order valence-corrected chi connectivity index (χ0v) is 17.9. The van der Waals surface area contributed by atoms with Gasteiger partial charge in [0.1, 0.15) is 11.4 Å². The number of hydrogen-bond donors (Lipinski definition) is 2. The number of nitrogens with zero attached hydrogens (tertiary/aromatic N) is 3. The van der Waals surface area contributed by atoms with Crippen LogP contribution in [0.3, 0.4) is 0 Å². The molecule has 4 rings (SSSR count). The van der Waals surface area contributed by atoms with E-state index in [-0.39, 0.29) is 17.4 Å². The molecule has 3 N–H and O–H groups in total. The number of aryl methyl sites for hydroxylation is 2. The van der Waals surface area contributed by atoms with Crippen molar-refractivity contribution in [2.75, 3.05) is 11.1 Å². The SMILES string of the molecule is CC(CC(C)(C)n1ncc(C(=O)Nc2ccc3c(c2)CCC3)c1N)c1ccccn1. The number of pyridine rings is 1. The van der Waals surface area contributed by atoms with E-state index in [1.165, 1.54) is 17.5 Å². The van der Waals surface area contributed by atoms with Crippen molar-refractivity contribution in [3.63, 3.8) is 0 Å². The van der Waals surface area contributed by atoms with Gasteiger partial charge in [-0.1, -0.05) is 19.1 Å². The van der Waals surface area contributed by atoms with Gasteiger partial charge in [-0.25, -0.2) is 4.68 Å². The summed E-state index contributed by atoms with van der Waals surface area (Å²) in [6.07, 6.45) is 7.53. The predicted molar refractivity (Wildman–Crippen MR) is 120 cm³/mol. The summed E-state index contributed by atoms with van der Waals surface area (Å²) in [5.74, 6) is 0.380. The van der Waals surface area contributed by atoms with Crippen LogP contribution in [0.4, 0.5) is 11.5 Å². The van der Waals surface area contributed by atoms with Gasteiger partial charge >= 0.3 is 0 Å². The van der Waals surface area contributed by atoms with Crippen LogP contribution in [0.1, 0.15) is 66.7 Å². The fourth-order valence-corrected chi connectivity index (χ4v) is 4.47. The minimum atomic E-state index is -0.368. The molecule has 2 heterocycles. The van der Waals surface area contributed by atoms with Crippen LogP contribution in [0, 0.1) is 0 Å². The Hall–Kier alpha value is -3.15. The highest BCUT2D eigenvalue weighted by molar-refractivity contribution is 6.07. The molecule has 1 atom stereocenters. The first-order valence-electron chi connectivity index (χ1n) is 10.5. The van der Waals surface area contributed by atoms with Crippen molar-refractivity contribution in [2.45, 2.75) is 57.9 Å². The first-order chi connectivity index (χ1) is 14.3. The Kier molecular flexibility index (Phi) is 5.33. The second-order valence-electron chi connectivity index (χ2n) is 8.82. The molecule has 2 aromatic heterocycles. The maximum Gasteiger partial charge on any atom is 0.261 e. The molecule has 6 nitrogen and oxygen atoms in total. The van der Waals surface area contributed by atoms with E-state index in [4.69, 9.17) is 5.73 Å². The molecule has 1 amide bonds. The number of rotatable bonds is 6. The third kappa shape index (κ3) is 3.95. The lowest BCUT2D eigenvalue weighted by Crippen LogP contribution is -2.31. The maximum absolute atomic E-state index is 12.9. The standard InChI is InChI=1S/C24H29N5O/c1-16(21-9-4-5-12-26-21)14-24(2,3)29-22(25)20(15-27-29)23(30)28-19-11-10-17-7-6-8-18(17)13-19/h4-5,9-13,15-16H,6-8,14,25H2,1-3H3,(H,28,30). The highest BCUT2D eigenvalue weighted by atomic mass is 16.1. The zero-order chi connectivity index (χ0) is 21.3. The zero-order valence-electron chi connectivity index (χ0n) is 17.9. The van der Waals surface area contributed by atoms with E-state index in [0.29, 0.717) is 11.4 Å². The fourth-order valence-electron chi connectivity index (χ4n) is 4.47. The second kappa shape index (κ2) is 7.94. The molecule has 156 valence electrons. The second-order valence-corrected chi connectivity index (χ2v) is 8.82. The highest BCUT2D eigenvalue weighted by Gasteiger charge is 2.29. The molecule has 0 radical (unpaired) electrons. The Morgan fingerprint density at radius 1 is 1.23 bits per heavy atom. The predicted octanol–water partition coefficient (Wildman–Crippen LogP) is 4.53. The van der Waals surface area contributed by atoms with Crippen LogP contribution in [0.15, 0.2) is 48.8 Å². The molecule has 1 unspecified atom stereocenters. The molecule has 3 aromatic rings. The van der Waals surface area contributed by atoms with Gasteiger partial charge in [0.25, 0.3) is 5.91 Å². The molecule has 0 spiro atoms. The van der Waals surface area contributed by atoms with Crippen LogP contribution in [0.2, 0.25) is 0 Å². The van der Waals surface area contributed by atoms with Gasteiger partial charge in [-0.15, -0.1) is 0 Å². The molecule has 1 aliphatic carbocycles. The van der Waals surface area contributed by atoms with Crippen molar-refractivity contribution in [2.24, 2.45) is 0 Å². The third-order valence-electron chi connectivity index (χ3n) is 5.98. The number of carbonyl (C=O) groups is 1. The summed E-state index contributed by atoms with van der Waals surface area (Å²) in [6, 6.07) is 12.1. The Balaban J connectivity index is 1.50. The number of carbonyl (C=O) groups excluding carboxylic acids is 1. The topological polar surface area (TPSA) is 85.8 Å². The van der Waals surface area contributed by atoms with Crippen LogP contribution in [0.5, 0.6) is 0 Å². The lowest BCUT2D eigenvalue weighted by atomic mass is 9.89. The lowest BCUT2D eigenvalue weighted by molar-refractivity contribution is 0.102. The van der Waals surface area contributed by atoms with Crippen molar-refractivity contribution < 1.29 is 4.79 Å². The van der Waals surface area contributed by atoms with E-state index in [9.17, 15) is 4.79 Å². The van der Waals surface area contributed by atoms with Gasteiger partial charge in [0.2, 0.25) is 0 Å².